The van der Waals surface area contributed by atoms with Gasteiger partial charge >= 0.3 is 0 Å². The molecule has 0 aliphatic rings. The first-order valence-corrected chi connectivity index (χ1v) is 7.31. The van der Waals surface area contributed by atoms with Crippen molar-refractivity contribution < 1.29 is 13.5 Å². The molecule has 0 fully saturated rings. The lowest BCUT2D eigenvalue weighted by Gasteiger charge is -2.07. The molecule has 5 heteroatoms. The maximum absolute atomic E-state index is 11.7. The molecular weight excluding hydrogens is 232 g/mol. The Kier molecular flexibility index (Phi) is 4.63. The summed E-state index contributed by atoms with van der Waals surface area (Å²) in [6.45, 7) is 1.67. The number of hydrogen-bond acceptors (Lipinski definition) is 4. The van der Waals surface area contributed by atoms with Crippen LogP contribution in [0.3, 0.4) is 0 Å². The second-order valence-electron chi connectivity index (χ2n) is 2.92. The fraction of sp³-hybridized carbons (Fsp3) is 0.400. The van der Waals surface area contributed by atoms with Gasteiger partial charge in [0, 0.05) is 10.6 Å². The number of rotatable bonds is 5. The zero-order chi connectivity index (χ0) is 11.3. The van der Waals surface area contributed by atoms with Crippen molar-refractivity contribution in [2.75, 3.05) is 18.1 Å². The smallest absolute Gasteiger partial charge is 0.179 e. The van der Waals surface area contributed by atoms with E-state index in [1.54, 1.807) is 31.2 Å². The van der Waals surface area contributed by atoms with E-state index in [9.17, 15) is 8.42 Å². The van der Waals surface area contributed by atoms with Crippen LogP contribution in [-0.2, 0) is 9.84 Å². The number of hydrogen-bond donors (Lipinski definition) is 1. The number of sulfone groups is 1. The summed E-state index contributed by atoms with van der Waals surface area (Å²) in [6.07, 6.45) is 0. The van der Waals surface area contributed by atoms with Crippen molar-refractivity contribution in [2.24, 2.45) is 0 Å². The first-order valence-electron chi connectivity index (χ1n) is 4.67. The summed E-state index contributed by atoms with van der Waals surface area (Å²) in [5.74, 6) is 0.611. The molecule has 0 saturated carbocycles. The molecule has 0 aliphatic carbocycles. The Bertz CT molecular complexity index is 412. The molecule has 0 spiro atoms. The number of aliphatic hydroxyl groups is 1. The third-order valence-corrected chi connectivity index (χ3v) is 4.88. The highest BCUT2D eigenvalue weighted by Gasteiger charge is 2.15. The molecule has 0 aromatic heterocycles. The van der Waals surface area contributed by atoms with Gasteiger partial charge < -0.3 is 5.11 Å². The van der Waals surface area contributed by atoms with Crippen LogP contribution in [0.4, 0.5) is 0 Å². The van der Waals surface area contributed by atoms with Gasteiger partial charge in [-0.05, 0) is 12.1 Å². The molecule has 3 nitrogen and oxygen atoms in total. The van der Waals surface area contributed by atoms with Crippen LogP contribution in [0.2, 0.25) is 0 Å². The minimum Gasteiger partial charge on any atom is -0.396 e. The Morgan fingerprint density at radius 3 is 2.60 bits per heavy atom. The highest BCUT2D eigenvalue weighted by molar-refractivity contribution is 8.00. The van der Waals surface area contributed by atoms with Crippen LogP contribution in [0.25, 0.3) is 0 Å². The summed E-state index contributed by atoms with van der Waals surface area (Å²) in [5, 5.41) is 8.71. The zero-order valence-corrected chi connectivity index (χ0v) is 10.1. The molecule has 1 aromatic carbocycles. The van der Waals surface area contributed by atoms with Crippen LogP contribution >= 0.6 is 11.8 Å². The van der Waals surface area contributed by atoms with Gasteiger partial charge in [-0.2, -0.15) is 0 Å². The third-order valence-electron chi connectivity index (χ3n) is 1.91. The van der Waals surface area contributed by atoms with Crippen LogP contribution in [0.5, 0.6) is 0 Å². The number of benzene rings is 1. The minimum atomic E-state index is -3.16. The van der Waals surface area contributed by atoms with E-state index in [1.807, 2.05) is 0 Å². The van der Waals surface area contributed by atoms with Gasteiger partial charge in [0.15, 0.2) is 9.84 Å². The molecule has 0 unspecified atom stereocenters. The third kappa shape index (κ3) is 3.22. The SMILES string of the molecule is CCS(=O)(=O)c1ccccc1SCCO. The Hall–Kier alpha value is -0.520. The van der Waals surface area contributed by atoms with E-state index in [4.69, 9.17) is 5.11 Å². The van der Waals surface area contributed by atoms with Gasteiger partial charge in [0.05, 0.1) is 17.3 Å². The molecule has 0 bridgehead atoms. The highest BCUT2D eigenvalue weighted by atomic mass is 32.2. The van der Waals surface area contributed by atoms with Gasteiger partial charge in [0.1, 0.15) is 0 Å². The minimum absolute atomic E-state index is 0.0468. The van der Waals surface area contributed by atoms with Crippen LogP contribution in [0.1, 0.15) is 6.92 Å². The predicted molar refractivity (Wildman–Crippen MR) is 62.0 cm³/mol. The topological polar surface area (TPSA) is 54.4 Å². The Morgan fingerprint density at radius 2 is 2.00 bits per heavy atom. The molecule has 0 aliphatic heterocycles. The molecule has 84 valence electrons. The summed E-state index contributed by atoms with van der Waals surface area (Å²) in [7, 11) is -3.16. The van der Waals surface area contributed by atoms with Gasteiger partial charge in [-0.3, -0.25) is 0 Å². The van der Waals surface area contributed by atoms with Crippen molar-refractivity contribution in [1.29, 1.82) is 0 Å². The average molecular weight is 246 g/mol. The summed E-state index contributed by atoms with van der Waals surface area (Å²) in [4.78, 5) is 1.08. The molecule has 0 heterocycles. The standard InChI is InChI=1S/C10H14O3S2/c1-2-15(12,13)10-6-4-3-5-9(10)14-8-7-11/h3-6,11H,2,7-8H2,1H3. The Labute approximate surface area is 94.4 Å². The highest BCUT2D eigenvalue weighted by Crippen LogP contribution is 2.26. The van der Waals surface area contributed by atoms with Crippen molar-refractivity contribution in [3.05, 3.63) is 24.3 Å². The van der Waals surface area contributed by atoms with E-state index in [-0.39, 0.29) is 12.4 Å². The monoisotopic (exact) mass is 246 g/mol. The fourth-order valence-corrected chi connectivity index (χ4v) is 3.36. The normalized spacial score (nSPS) is 11.6. The molecule has 0 radical (unpaired) electrons. The van der Waals surface area contributed by atoms with E-state index in [0.717, 1.165) is 0 Å². The molecular formula is C10H14O3S2. The van der Waals surface area contributed by atoms with E-state index < -0.39 is 9.84 Å². The lowest BCUT2D eigenvalue weighted by atomic mass is 10.4. The Morgan fingerprint density at radius 1 is 1.33 bits per heavy atom. The van der Waals surface area contributed by atoms with E-state index >= 15 is 0 Å². The second-order valence-corrected chi connectivity index (χ2v) is 6.31. The van der Waals surface area contributed by atoms with Gasteiger partial charge in [-0.1, -0.05) is 19.1 Å². The summed E-state index contributed by atoms with van der Waals surface area (Å²) in [5.41, 5.74) is 0. The van der Waals surface area contributed by atoms with Crippen molar-refractivity contribution in [3.8, 4) is 0 Å². The summed E-state index contributed by atoms with van der Waals surface area (Å²) >= 11 is 1.36. The quantitative estimate of drug-likeness (QED) is 0.801. The maximum Gasteiger partial charge on any atom is 0.179 e. The van der Waals surface area contributed by atoms with Gasteiger partial charge in [0.2, 0.25) is 0 Å². The molecule has 15 heavy (non-hydrogen) atoms. The number of aliphatic hydroxyl groups excluding tert-OH is 1. The average Bonchev–Trinajstić information content (AvgIpc) is 2.26. The van der Waals surface area contributed by atoms with Crippen molar-refractivity contribution in [2.45, 2.75) is 16.7 Å². The predicted octanol–water partition coefficient (Wildman–Crippen LogP) is 1.56. The summed E-state index contributed by atoms with van der Waals surface area (Å²) in [6, 6.07) is 6.89. The molecule has 1 N–H and O–H groups in total. The van der Waals surface area contributed by atoms with Crippen LogP contribution in [0, 0.1) is 0 Å². The van der Waals surface area contributed by atoms with Gasteiger partial charge in [-0.25, -0.2) is 8.42 Å². The zero-order valence-electron chi connectivity index (χ0n) is 8.51. The van der Waals surface area contributed by atoms with Crippen LogP contribution in [0.15, 0.2) is 34.1 Å². The lowest BCUT2D eigenvalue weighted by Crippen LogP contribution is -2.05. The largest absolute Gasteiger partial charge is 0.396 e. The van der Waals surface area contributed by atoms with Crippen molar-refractivity contribution in [1.82, 2.24) is 0 Å². The van der Waals surface area contributed by atoms with Crippen LogP contribution in [-0.4, -0.2) is 31.6 Å². The first-order chi connectivity index (χ1) is 7.11. The number of thioether (sulfide) groups is 1. The molecule has 1 rings (SSSR count). The maximum atomic E-state index is 11.7. The molecule has 0 saturated heterocycles. The summed E-state index contributed by atoms with van der Waals surface area (Å²) < 4.78 is 23.4. The molecule has 0 atom stereocenters. The molecule has 1 aromatic rings. The van der Waals surface area contributed by atoms with Gasteiger partial charge in [-0.15, -0.1) is 11.8 Å². The van der Waals surface area contributed by atoms with E-state index in [0.29, 0.717) is 15.5 Å². The van der Waals surface area contributed by atoms with Crippen LogP contribution < -0.4 is 0 Å². The first kappa shape index (κ1) is 12.5. The lowest BCUT2D eigenvalue weighted by molar-refractivity contribution is 0.322. The van der Waals surface area contributed by atoms with Crippen molar-refractivity contribution >= 4 is 21.6 Å². The Balaban J connectivity index is 3.07. The molecule has 0 amide bonds. The van der Waals surface area contributed by atoms with Gasteiger partial charge in [0.25, 0.3) is 0 Å². The van der Waals surface area contributed by atoms with Crippen molar-refractivity contribution in [3.63, 3.8) is 0 Å². The van der Waals surface area contributed by atoms with E-state index in [2.05, 4.69) is 0 Å². The second kappa shape index (κ2) is 5.53. The fourth-order valence-electron chi connectivity index (χ4n) is 1.14. The van der Waals surface area contributed by atoms with E-state index in [1.165, 1.54) is 11.8 Å².